The fourth-order valence-electron chi connectivity index (χ4n) is 1.13. The summed E-state index contributed by atoms with van der Waals surface area (Å²) in [6.45, 7) is 12.5. The van der Waals surface area contributed by atoms with Crippen LogP contribution in [0.25, 0.3) is 9.75 Å². The Hall–Kier alpha value is -0.600. The van der Waals surface area contributed by atoms with Crippen molar-refractivity contribution >= 4 is 22.7 Å². The van der Waals surface area contributed by atoms with Gasteiger partial charge in [0.2, 0.25) is 0 Å². The van der Waals surface area contributed by atoms with Crippen LogP contribution >= 0.6 is 22.7 Å². The van der Waals surface area contributed by atoms with Gasteiger partial charge in [-0.15, -0.1) is 22.7 Å². The van der Waals surface area contributed by atoms with Crippen molar-refractivity contribution in [3.8, 4) is 9.75 Å². The molecule has 0 bridgehead atoms. The van der Waals surface area contributed by atoms with E-state index in [0.717, 1.165) is 0 Å². The highest BCUT2D eigenvalue weighted by atomic mass is 32.1. The van der Waals surface area contributed by atoms with Crippen LogP contribution in [-0.2, 0) is 0 Å². The minimum absolute atomic E-state index is 1.25. The predicted octanol–water partition coefficient (Wildman–Crippen LogP) is 6.54. The topological polar surface area (TPSA) is 0 Å². The Morgan fingerprint density at radius 3 is 1.24 bits per heavy atom. The number of thiophene rings is 2. The molecule has 17 heavy (non-hydrogen) atoms. The van der Waals surface area contributed by atoms with Gasteiger partial charge in [0.1, 0.15) is 0 Å². The van der Waals surface area contributed by atoms with Gasteiger partial charge in [0.05, 0.1) is 0 Å². The lowest BCUT2D eigenvalue weighted by atomic mass is 10.3. The Morgan fingerprint density at radius 1 is 0.765 bits per heavy atom. The zero-order chi connectivity index (χ0) is 13.3. The molecule has 2 aromatic rings. The monoisotopic (exact) mass is 268 g/mol. The van der Waals surface area contributed by atoms with Crippen molar-refractivity contribution in [1.29, 1.82) is 0 Å². The summed E-state index contributed by atoms with van der Waals surface area (Å²) in [6.07, 6.45) is 1.25. The van der Waals surface area contributed by atoms with Gasteiger partial charge in [0.15, 0.2) is 0 Å². The van der Waals surface area contributed by atoms with E-state index >= 15 is 0 Å². The van der Waals surface area contributed by atoms with Gasteiger partial charge >= 0.3 is 0 Å². The van der Waals surface area contributed by atoms with E-state index < -0.39 is 0 Å². The standard InChI is InChI=1S/C10H10S2.C3H8.C2H6/c1-7-3-5-9(11-7)10-6-4-8(2)12-10;1-3-2;1-2/h3-6H,1-2H3;3H2,1-2H3;1-2H3. The minimum Gasteiger partial charge on any atom is -0.140 e. The van der Waals surface area contributed by atoms with E-state index in [9.17, 15) is 0 Å². The quantitative estimate of drug-likeness (QED) is 0.551. The van der Waals surface area contributed by atoms with Crippen molar-refractivity contribution in [2.45, 2.75) is 48.0 Å². The molecule has 0 aliphatic carbocycles. The lowest BCUT2D eigenvalue weighted by molar-refractivity contribution is 1.09. The van der Waals surface area contributed by atoms with Crippen LogP contribution in [0.5, 0.6) is 0 Å². The van der Waals surface area contributed by atoms with E-state index in [2.05, 4.69) is 52.0 Å². The van der Waals surface area contributed by atoms with E-state index in [1.165, 1.54) is 25.9 Å². The second kappa shape index (κ2) is 9.43. The normalized spacial score (nSPS) is 8.82. The SMILES string of the molecule is CC.CCC.Cc1ccc(-c2ccc(C)s2)s1. The molecule has 0 nitrogen and oxygen atoms in total. The van der Waals surface area contributed by atoms with Crippen LogP contribution in [0.3, 0.4) is 0 Å². The highest BCUT2D eigenvalue weighted by molar-refractivity contribution is 7.22. The summed E-state index contributed by atoms with van der Waals surface area (Å²) >= 11 is 3.73. The zero-order valence-electron chi connectivity index (χ0n) is 11.8. The summed E-state index contributed by atoms with van der Waals surface area (Å²) in [6, 6.07) is 8.75. The van der Waals surface area contributed by atoms with Crippen molar-refractivity contribution in [3.05, 3.63) is 34.0 Å². The average Bonchev–Trinajstić information content (AvgIpc) is 2.91. The van der Waals surface area contributed by atoms with Gasteiger partial charge in [0.25, 0.3) is 0 Å². The molecule has 0 aromatic carbocycles. The first kappa shape index (κ1) is 16.4. The predicted molar refractivity (Wildman–Crippen MR) is 84.4 cm³/mol. The maximum absolute atomic E-state index is 2.20. The van der Waals surface area contributed by atoms with Crippen molar-refractivity contribution < 1.29 is 0 Å². The summed E-state index contributed by atoms with van der Waals surface area (Å²) in [4.78, 5) is 5.56. The molecule has 0 saturated heterocycles. The van der Waals surface area contributed by atoms with Crippen LogP contribution < -0.4 is 0 Å². The Balaban J connectivity index is 0.000000450. The van der Waals surface area contributed by atoms with Gasteiger partial charge in [0, 0.05) is 19.5 Å². The van der Waals surface area contributed by atoms with Crippen LogP contribution in [0.15, 0.2) is 24.3 Å². The molecule has 0 atom stereocenters. The maximum atomic E-state index is 2.20. The fourth-order valence-corrected chi connectivity index (χ4v) is 2.96. The molecule has 0 saturated carbocycles. The third kappa shape index (κ3) is 6.04. The van der Waals surface area contributed by atoms with Crippen molar-refractivity contribution in [2.24, 2.45) is 0 Å². The largest absolute Gasteiger partial charge is 0.140 e. The van der Waals surface area contributed by atoms with Crippen molar-refractivity contribution in [1.82, 2.24) is 0 Å². The zero-order valence-corrected chi connectivity index (χ0v) is 13.5. The average molecular weight is 268 g/mol. The van der Waals surface area contributed by atoms with E-state index in [0.29, 0.717) is 0 Å². The van der Waals surface area contributed by atoms with Gasteiger partial charge in [-0.2, -0.15) is 0 Å². The molecule has 96 valence electrons. The highest BCUT2D eigenvalue weighted by Gasteiger charge is 2.01. The third-order valence-electron chi connectivity index (χ3n) is 1.72. The molecule has 0 aliphatic rings. The summed E-state index contributed by atoms with van der Waals surface area (Å²) in [5.74, 6) is 0. The number of hydrogen-bond acceptors (Lipinski definition) is 2. The summed E-state index contributed by atoms with van der Waals surface area (Å²) in [7, 11) is 0. The molecule has 0 fully saturated rings. The van der Waals surface area contributed by atoms with Crippen LogP contribution in [0.2, 0.25) is 0 Å². The second-order valence-electron chi connectivity index (χ2n) is 3.53. The van der Waals surface area contributed by atoms with Crippen LogP contribution in [0.4, 0.5) is 0 Å². The van der Waals surface area contributed by atoms with Gasteiger partial charge < -0.3 is 0 Å². The van der Waals surface area contributed by atoms with Crippen LogP contribution in [0, 0.1) is 13.8 Å². The summed E-state index contributed by atoms with van der Waals surface area (Å²) in [5, 5.41) is 0. The molecule has 2 rings (SSSR count). The molecular weight excluding hydrogens is 244 g/mol. The first-order chi connectivity index (χ1) is 8.17. The van der Waals surface area contributed by atoms with E-state index in [1.54, 1.807) is 0 Å². The van der Waals surface area contributed by atoms with Gasteiger partial charge in [-0.1, -0.05) is 34.1 Å². The molecule has 2 heterocycles. The first-order valence-corrected chi connectivity index (χ1v) is 7.94. The highest BCUT2D eigenvalue weighted by Crippen LogP contribution is 2.32. The summed E-state index contributed by atoms with van der Waals surface area (Å²) < 4.78 is 0. The van der Waals surface area contributed by atoms with Crippen molar-refractivity contribution in [3.63, 3.8) is 0 Å². The number of rotatable bonds is 1. The van der Waals surface area contributed by atoms with Crippen LogP contribution in [-0.4, -0.2) is 0 Å². The molecule has 0 aliphatic heterocycles. The lowest BCUT2D eigenvalue weighted by Gasteiger charge is -1.87. The molecule has 0 unspecified atom stereocenters. The molecule has 0 spiro atoms. The Morgan fingerprint density at radius 2 is 1.06 bits per heavy atom. The van der Waals surface area contributed by atoms with Gasteiger partial charge in [-0.05, 0) is 38.1 Å². The van der Waals surface area contributed by atoms with E-state index in [1.807, 2.05) is 36.5 Å². The van der Waals surface area contributed by atoms with Gasteiger partial charge in [-0.3, -0.25) is 0 Å². The van der Waals surface area contributed by atoms with Crippen LogP contribution in [0.1, 0.15) is 43.9 Å². The Bertz CT molecular complexity index is 358. The molecule has 0 amide bonds. The number of hydrogen-bond donors (Lipinski definition) is 0. The molecule has 2 heteroatoms. The van der Waals surface area contributed by atoms with Gasteiger partial charge in [-0.25, -0.2) is 0 Å². The first-order valence-electron chi connectivity index (χ1n) is 6.30. The minimum atomic E-state index is 1.25. The lowest BCUT2D eigenvalue weighted by Crippen LogP contribution is -1.55. The maximum Gasteiger partial charge on any atom is 0.0445 e. The molecule has 0 N–H and O–H groups in total. The summed E-state index contributed by atoms with van der Waals surface area (Å²) in [5.41, 5.74) is 0. The molecular formula is C15H24S2. The second-order valence-corrected chi connectivity index (χ2v) is 6.10. The number of aryl methyl sites for hydroxylation is 2. The smallest absolute Gasteiger partial charge is 0.0445 e. The fraction of sp³-hybridized carbons (Fsp3) is 0.467. The van der Waals surface area contributed by atoms with E-state index in [4.69, 9.17) is 0 Å². The molecule has 2 aromatic heterocycles. The third-order valence-corrected chi connectivity index (χ3v) is 3.92. The van der Waals surface area contributed by atoms with Crippen molar-refractivity contribution in [2.75, 3.05) is 0 Å². The van der Waals surface area contributed by atoms with E-state index in [-0.39, 0.29) is 0 Å². The Kier molecular flexibility index (Phi) is 9.10. The molecule has 0 radical (unpaired) electrons. The Labute approximate surface area is 114 Å².